The largest absolute Gasteiger partial charge is 0.365 e. The van der Waals surface area contributed by atoms with Gasteiger partial charge >= 0.3 is 5.97 Å². The van der Waals surface area contributed by atoms with E-state index in [0.29, 0.717) is 22.6 Å². The molecule has 0 saturated heterocycles. The number of aliphatic imine (C=N–C) groups is 1. The number of benzene rings is 2. The second-order valence-electron chi connectivity index (χ2n) is 5.61. The fourth-order valence-corrected chi connectivity index (χ4v) is 2.27. The molecule has 0 atom stereocenters. The molecule has 132 valence electrons. The Kier molecular flexibility index (Phi) is 5.64. The Labute approximate surface area is 156 Å². The van der Waals surface area contributed by atoms with Gasteiger partial charge in [-0.3, -0.25) is 4.79 Å². The van der Waals surface area contributed by atoms with Crippen molar-refractivity contribution in [1.82, 2.24) is 0 Å². The molecule has 3 rings (SSSR count). The van der Waals surface area contributed by atoms with Gasteiger partial charge in [-0.2, -0.15) is 0 Å². The number of carbonyl (C=O) groups excluding carboxylic acids is 2. The van der Waals surface area contributed by atoms with Crippen molar-refractivity contribution in [3.8, 4) is 0 Å². The van der Waals surface area contributed by atoms with Crippen LogP contribution >= 0.6 is 0 Å². The molecule has 5 nitrogen and oxygen atoms in total. The molecule has 0 radical (unpaired) electrons. The third-order valence-corrected chi connectivity index (χ3v) is 3.66. The van der Waals surface area contributed by atoms with Gasteiger partial charge < -0.3 is 4.84 Å². The maximum Gasteiger partial charge on any atom is 0.365 e. The number of hydrogen-bond donors (Lipinski definition) is 0. The fourth-order valence-electron chi connectivity index (χ4n) is 2.27. The highest BCUT2D eigenvalue weighted by atomic mass is 16.7. The van der Waals surface area contributed by atoms with E-state index in [1.54, 1.807) is 72.8 Å². The molecule has 0 heterocycles. The zero-order chi connectivity index (χ0) is 19.1. The molecular formula is C22H16N2O3. The first-order chi connectivity index (χ1) is 13.1. The summed E-state index contributed by atoms with van der Waals surface area (Å²) in [7, 11) is 0. The molecule has 0 aliphatic heterocycles. The molecule has 2 aromatic carbocycles. The first-order valence-corrected chi connectivity index (χ1v) is 8.21. The minimum atomic E-state index is -0.536. The molecule has 1 aliphatic rings. The highest BCUT2D eigenvalue weighted by molar-refractivity contribution is 6.20. The summed E-state index contributed by atoms with van der Waals surface area (Å²) in [5, 5.41) is 3.80. The van der Waals surface area contributed by atoms with Gasteiger partial charge in [-0.1, -0.05) is 60.3 Å². The van der Waals surface area contributed by atoms with E-state index < -0.39 is 5.97 Å². The Balaban J connectivity index is 1.62. The molecule has 0 fully saturated rings. The molecule has 0 bridgehead atoms. The van der Waals surface area contributed by atoms with Crippen LogP contribution in [0.1, 0.15) is 20.7 Å². The molecule has 0 unspecified atom stereocenters. The van der Waals surface area contributed by atoms with E-state index in [1.807, 2.05) is 12.1 Å². The summed E-state index contributed by atoms with van der Waals surface area (Å²) in [5.74, 6) is -0.771. The van der Waals surface area contributed by atoms with E-state index in [4.69, 9.17) is 4.84 Å². The molecule has 0 amide bonds. The Morgan fingerprint density at radius 1 is 0.741 bits per heavy atom. The summed E-state index contributed by atoms with van der Waals surface area (Å²) in [5.41, 5.74) is 2.10. The van der Waals surface area contributed by atoms with Crippen molar-refractivity contribution in [1.29, 1.82) is 0 Å². The lowest BCUT2D eigenvalue weighted by atomic mass is 10.1. The van der Waals surface area contributed by atoms with Crippen LogP contribution in [0, 0.1) is 0 Å². The molecule has 1 aliphatic carbocycles. The van der Waals surface area contributed by atoms with Crippen molar-refractivity contribution >= 4 is 23.2 Å². The zero-order valence-corrected chi connectivity index (χ0v) is 14.4. The maximum absolute atomic E-state index is 12.3. The van der Waals surface area contributed by atoms with E-state index in [-0.39, 0.29) is 11.5 Å². The van der Waals surface area contributed by atoms with Crippen LogP contribution in [0.3, 0.4) is 0 Å². The van der Waals surface area contributed by atoms with E-state index in [2.05, 4.69) is 16.7 Å². The van der Waals surface area contributed by atoms with Crippen LogP contribution in [0.15, 0.2) is 107 Å². The van der Waals surface area contributed by atoms with Gasteiger partial charge in [-0.15, -0.1) is 0 Å². The first kappa shape index (κ1) is 17.9. The average molecular weight is 356 g/mol. The number of carbonyl (C=O) groups is 2. The smallest absolute Gasteiger partial charge is 0.312 e. The number of hydrogen-bond acceptors (Lipinski definition) is 5. The highest BCUT2D eigenvalue weighted by Crippen LogP contribution is 2.10. The number of ketones is 1. The molecular weight excluding hydrogens is 340 g/mol. The molecule has 0 spiro atoms. The quantitative estimate of drug-likeness (QED) is 0.266. The maximum atomic E-state index is 12.3. The zero-order valence-electron chi connectivity index (χ0n) is 14.4. The van der Waals surface area contributed by atoms with Crippen LogP contribution in [0.5, 0.6) is 0 Å². The summed E-state index contributed by atoms with van der Waals surface area (Å²) in [6.07, 6.45) is 6.60. The van der Waals surface area contributed by atoms with Crippen molar-refractivity contribution in [2.24, 2.45) is 10.1 Å². The lowest BCUT2D eigenvalue weighted by molar-refractivity contribution is 0.0517. The second-order valence-corrected chi connectivity index (χ2v) is 5.61. The van der Waals surface area contributed by atoms with Crippen LogP contribution < -0.4 is 0 Å². The number of rotatable bonds is 5. The van der Waals surface area contributed by atoms with Crippen molar-refractivity contribution in [2.75, 3.05) is 0 Å². The van der Waals surface area contributed by atoms with Crippen LogP contribution in [0.25, 0.3) is 0 Å². The van der Waals surface area contributed by atoms with E-state index in [0.717, 1.165) is 0 Å². The molecule has 0 saturated carbocycles. The van der Waals surface area contributed by atoms with Crippen LogP contribution in [0.2, 0.25) is 0 Å². The number of oxime groups is 1. The van der Waals surface area contributed by atoms with Crippen LogP contribution in [-0.4, -0.2) is 23.2 Å². The van der Waals surface area contributed by atoms with Gasteiger partial charge in [-0.25, -0.2) is 9.79 Å². The predicted molar refractivity (Wildman–Crippen MR) is 105 cm³/mol. The molecule has 0 aromatic heterocycles. The van der Waals surface area contributed by atoms with Crippen LogP contribution in [-0.2, 0) is 4.84 Å². The Bertz CT molecular complexity index is 967. The van der Waals surface area contributed by atoms with Gasteiger partial charge in [0.25, 0.3) is 0 Å². The lowest BCUT2D eigenvalue weighted by Gasteiger charge is -2.04. The highest BCUT2D eigenvalue weighted by Gasteiger charge is 2.10. The van der Waals surface area contributed by atoms with Crippen molar-refractivity contribution in [3.05, 3.63) is 108 Å². The standard InChI is InChI=1S/C22H16N2O3/c1-16(21(25)17-8-4-2-5-9-17)23-19-12-14-20(15-13-19)24-27-22(26)18-10-6-3-7-11-18/h2-15H,1H2. The first-order valence-electron chi connectivity index (χ1n) is 8.21. The lowest BCUT2D eigenvalue weighted by Crippen LogP contribution is -2.06. The minimum absolute atomic E-state index is 0.140. The summed E-state index contributed by atoms with van der Waals surface area (Å²) >= 11 is 0. The normalized spacial score (nSPS) is 12.4. The van der Waals surface area contributed by atoms with Crippen molar-refractivity contribution in [2.45, 2.75) is 0 Å². The SMILES string of the molecule is C=C(N=C1C=CC(=NOC(=O)c2ccccc2)C=C1)C(=O)c1ccccc1. The topological polar surface area (TPSA) is 68.1 Å². The summed E-state index contributed by atoms with van der Waals surface area (Å²) in [4.78, 5) is 33.3. The second kappa shape index (κ2) is 8.49. The van der Waals surface area contributed by atoms with Gasteiger partial charge in [-0.05, 0) is 36.4 Å². The van der Waals surface area contributed by atoms with Crippen molar-refractivity contribution < 1.29 is 14.4 Å². The third kappa shape index (κ3) is 4.83. The minimum Gasteiger partial charge on any atom is -0.312 e. The Hall–Kier alpha value is -3.86. The molecule has 0 N–H and O–H groups in total. The Morgan fingerprint density at radius 2 is 1.26 bits per heavy atom. The van der Waals surface area contributed by atoms with E-state index in [9.17, 15) is 9.59 Å². The van der Waals surface area contributed by atoms with Gasteiger partial charge in [0, 0.05) is 5.56 Å². The molecule has 2 aromatic rings. The van der Waals surface area contributed by atoms with Gasteiger partial charge in [0.05, 0.1) is 11.3 Å². The summed E-state index contributed by atoms with van der Waals surface area (Å²) in [6.45, 7) is 3.73. The summed E-state index contributed by atoms with van der Waals surface area (Å²) in [6, 6.07) is 17.4. The summed E-state index contributed by atoms with van der Waals surface area (Å²) < 4.78 is 0. The van der Waals surface area contributed by atoms with E-state index >= 15 is 0 Å². The number of allylic oxidation sites excluding steroid dienone is 5. The van der Waals surface area contributed by atoms with Gasteiger partial charge in [0.15, 0.2) is 0 Å². The van der Waals surface area contributed by atoms with Crippen LogP contribution in [0.4, 0.5) is 0 Å². The molecule has 27 heavy (non-hydrogen) atoms. The average Bonchev–Trinajstić information content (AvgIpc) is 2.73. The number of Topliss-reactive ketones (excluding diaryl/α,β-unsaturated/α-hetero) is 1. The van der Waals surface area contributed by atoms with Gasteiger partial charge in [0.2, 0.25) is 5.78 Å². The number of nitrogens with zero attached hydrogens (tertiary/aromatic N) is 2. The van der Waals surface area contributed by atoms with Gasteiger partial charge in [0.1, 0.15) is 11.4 Å². The predicted octanol–water partition coefficient (Wildman–Crippen LogP) is 4.16. The third-order valence-electron chi connectivity index (χ3n) is 3.66. The monoisotopic (exact) mass is 356 g/mol. The molecule has 5 heteroatoms. The fraction of sp³-hybridized carbons (Fsp3) is 0. The van der Waals surface area contributed by atoms with E-state index in [1.165, 1.54) is 0 Å². The van der Waals surface area contributed by atoms with Crippen molar-refractivity contribution in [3.63, 3.8) is 0 Å². The Morgan fingerprint density at radius 3 is 1.85 bits per heavy atom.